The first-order valence-corrected chi connectivity index (χ1v) is 22.5. The average molecular weight is 728 g/mol. The number of likely N-dealkylation sites (N-methyl/N-ethyl adjacent to an activating group) is 1. The first-order valence-electron chi connectivity index (χ1n) is 22.5. The Hall–Kier alpha value is -1.24. The van der Waals surface area contributed by atoms with Crippen molar-refractivity contribution in [2.24, 2.45) is 0 Å². The quantitative estimate of drug-likeness (QED) is 0.0466. The first kappa shape index (κ1) is 48.8. The topological polar surface area (TPSA) is 28.2 Å². The number of ether oxygens (including phenoxy) is 2. The van der Waals surface area contributed by atoms with Crippen molar-refractivity contribution < 1.29 is 9.47 Å². The summed E-state index contributed by atoms with van der Waals surface area (Å²) in [6, 6.07) is 0. The molecule has 1 aliphatic rings. The third kappa shape index (κ3) is 34.5. The van der Waals surface area contributed by atoms with E-state index in [1.54, 1.807) is 0 Å². The Morgan fingerprint density at radius 1 is 0.500 bits per heavy atom. The van der Waals surface area contributed by atoms with E-state index in [9.17, 15) is 0 Å². The van der Waals surface area contributed by atoms with Crippen molar-refractivity contribution >= 4 is 0 Å². The zero-order valence-electron chi connectivity index (χ0n) is 35.4. The SMILES string of the molecule is CCCCCC=CCC=CCCCCCCCCOCC(CN1CCN(CCN(C)C)CC1)OCCCCCCCCC=CCC=CCCCCC. The number of nitrogens with zero attached hydrogens (tertiary/aromatic N) is 3. The Morgan fingerprint density at radius 3 is 1.40 bits per heavy atom. The van der Waals surface area contributed by atoms with Crippen LogP contribution in [0.1, 0.15) is 168 Å². The summed E-state index contributed by atoms with van der Waals surface area (Å²) in [5.41, 5.74) is 0. The van der Waals surface area contributed by atoms with Crippen LogP contribution in [0.2, 0.25) is 0 Å². The standard InChI is InChI=1S/C47H89N3O2/c1-5-7-9-11-13-15-17-19-21-23-25-27-29-31-33-35-43-51-46-47(45-50-41-39-49(40-42-50)38-37-48(3)4)52-44-36-34-32-30-28-26-24-22-20-18-16-14-12-10-8-6-2/h13-16,19-22,47H,5-12,17-18,23-46H2,1-4H3. The molecule has 0 spiro atoms. The molecule has 1 aliphatic heterocycles. The summed E-state index contributed by atoms with van der Waals surface area (Å²) in [6.07, 6.45) is 49.8. The Labute approximate surface area is 325 Å². The predicted octanol–water partition coefficient (Wildman–Crippen LogP) is 12.2. The summed E-state index contributed by atoms with van der Waals surface area (Å²) in [5.74, 6) is 0. The van der Waals surface area contributed by atoms with Crippen molar-refractivity contribution in [1.82, 2.24) is 14.7 Å². The van der Waals surface area contributed by atoms with Crippen LogP contribution in [0.5, 0.6) is 0 Å². The van der Waals surface area contributed by atoms with E-state index in [4.69, 9.17) is 9.47 Å². The Bertz CT molecular complexity index is 830. The van der Waals surface area contributed by atoms with Crippen LogP contribution in [-0.4, -0.2) is 101 Å². The van der Waals surface area contributed by atoms with Gasteiger partial charge >= 0.3 is 0 Å². The van der Waals surface area contributed by atoms with Gasteiger partial charge in [-0.15, -0.1) is 0 Å². The van der Waals surface area contributed by atoms with E-state index in [1.165, 1.54) is 161 Å². The Morgan fingerprint density at radius 2 is 0.923 bits per heavy atom. The number of hydrogen-bond acceptors (Lipinski definition) is 5. The van der Waals surface area contributed by atoms with Gasteiger partial charge in [-0.25, -0.2) is 0 Å². The van der Waals surface area contributed by atoms with E-state index in [0.29, 0.717) is 0 Å². The normalized spacial score (nSPS) is 15.6. The van der Waals surface area contributed by atoms with E-state index in [-0.39, 0.29) is 6.10 Å². The molecule has 5 nitrogen and oxygen atoms in total. The lowest BCUT2D eigenvalue weighted by atomic mass is 10.1. The van der Waals surface area contributed by atoms with Crippen LogP contribution in [-0.2, 0) is 9.47 Å². The van der Waals surface area contributed by atoms with Crippen LogP contribution >= 0.6 is 0 Å². The summed E-state index contributed by atoms with van der Waals surface area (Å²) in [6.45, 7) is 15.0. The number of rotatable bonds is 38. The van der Waals surface area contributed by atoms with Gasteiger partial charge in [0.1, 0.15) is 0 Å². The molecule has 0 aromatic carbocycles. The summed E-state index contributed by atoms with van der Waals surface area (Å²) in [4.78, 5) is 7.51. The highest BCUT2D eigenvalue weighted by molar-refractivity contribution is 4.93. The van der Waals surface area contributed by atoms with Gasteiger partial charge < -0.3 is 14.4 Å². The van der Waals surface area contributed by atoms with Crippen LogP contribution in [0.15, 0.2) is 48.6 Å². The first-order chi connectivity index (χ1) is 25.7. The molecule has 304 valence electrons. The minimum atomic E-state index is 0.191. The zero-order valence-corrected chi connectivity index (χ0v) is 35.4. The molecule has 0 radical (unpaired) electrons. The highest BCUT2D eigenvalue weighted by Gasteiger charge is 2.21. The van der Waals surface area contributed by atoms with E-state index in [2.05, 4.69) is 91.3 Å². The Kier molecular flexibility index (Phi) is 37.0. The summed E-state index contributed by atoms with van der Waals surface area (Å²) in [7, 11) is 4.34. The van der Waals surface area contributed by atoms with E-state index in [0.717, 1.165) is 58.8 Å². The van der Waals surface area contributed by atoms with Crippen molar-refractivity contribution in [3.05, 3.63) is 48.6 Å². The van der Waals surface area contributed by atoms with Gasteiger partial charge in [0.2, 0.25) is 0 Å². The van der Waals surface area contributed by atoms with E-state index < -0.39 is 0 Å². The van der Waals surface area contributed by atoms with Gasteiger partial charge in [-0.2, -0.15) is 0 Å². The van der Waals surface area contributed by atoms with Crippen molar-refractivity contribution in [3.8, 4) is 0 Å². The molecule has 0 amide bonds. The minimum Gasteiger partial charge on any atom is -0.379 e. The average Bonchev–Trinajstić information content (AvgIpc) is 3.15. The summed E-state index contributed by atoms with van der Waals surface area (Å²) in [5, 5.41) is 0. The van der Waals surface area contributed by atoms with Crippen LogP contribution in [0, 0.1) is 0 Å². The molecule has 1 fully saturated rings. The second-order valence-corrected chi connectivity index (χ2v) is 15.7. The van der Waals surface area contributed by atoms with Crippen LogP contribution < -0.4 is 0 Å². The highest BCUT2D eigenvalue weighted by atomic mass is 16.5. The van der Waals surface area contributed by atoms with E-state index in [1.807, 2.05) is 0 Å². The third-order valence-corrected chi connectivity index (χ3v) is 10.3. The van der Waals surface area contributed by atoms with Crippen LogP contribution in [0.25, 0.3) is 0 Å². The predicted molar refractivity (Wildman–Crippen MR) is 231 cm³/mol. The van der Waals surface area contributed by atoms with Crippen molar-refractivity contribution in [3.63, 3.8) is 0 Å². The van der Waals surface area contributed by atoms with Crippen LogP contribution in [0.4, 0.5) is 0 Å². The van der Waals surface area contributed by atoms with Gasteiger partial charge in [-0.1, -0.05) is 140 Å². The lowest BCUT2D eigenvalue weighted by Gasteiger charge is -2.36. The van der Waals surface area contributed by atoms with Crippen molar-refractivity contribution in [1.29, 1.82) is 0 Å². The van der Waals surface area contributed by atoms with Gasteiger partial charge in [0.15, 0.2) is 0 Å². The fourth-order valence-electron chi connectivity index (χ4n) is 6.73. The van der Waals surface area contributed by atoms with Gasteiger partial charge in [0, 0.05) is 59.0 Å². The molecule has 1 unspecified atom stereocenters. The molecule has 0 saturated carbocycles. The summed E-state index contributed by atoms with van der Waals surface area (Å²) < 4.78 is 12.7. The maximum atomic E-state index is 6.49. The molecule has 52 heavy (non-hydrogen) atoms. The van der Waals surface area contributed by atoms with Crippen molar-refractivity contribution in [2.45, 2.75) is 174 Å². The number of piperazine rings is 1. The molecule has 0 aromatic rings. The number of hydrogen-bond donors (Lipinski definition) is 0. The molecule has 0 bridgehead atoms. The maximum Gasteiger partial charge on any atom is 0.0934 e. The lowest BCUT2D eigenvalue weighted by Crippen LogP contribution is -2.50. The fraction of sp³-hybridized carbons (Fsp3) is 0.830. The van der Waals surface area contributed by atoms with Gasteiger partial charge in [-0.05, 0) is 91.1 Å². The molecule has 0 N–H and O–H groups in total. The molecule has 0 aromatic heterocycles. The minimum absolute atomic E-state index is 0.191. The maximum absolute atomic E-state index is 6.49. The van der Waals surface area contributed by atoms with Gasteiger partial charge in [0.25, 0.3) is 0 Å². The Balaban J connectivity index is 2.16. The monoisotopic (exact) mass is 728 g/mol. The molecule has 1 atom stereocenters. The fourth-order valence-corrected chi connectivity index (χ4v) is 6.73. The molecule has 1 saturated heterocycles. The molecular weight excluding hydrogens is 639 g/mol. The zero-order chi connectivity index (χ0) is 37.4. The van der Waals surface area contributed by atoms with Crippen LogP contribution in [0.3, 0.4) is 0 Å². The third-order valence-electron chi connectivity index (χ3n) is 10.3. The molecular formula is C47H89N3O2. The molecule has 5 heteroatoms. The molecule has 0 aliphatic carbocycles. The number of unbranched alkanes of at least 4 members (excludes halogenated alkanes) is 18. The highest BCUT2D eigenvalue weighted by Crippen LogP contribution is 2.12. The second kappa shape index (κ2) is 39.5. The van der Waals surface area contributed by atoms with Gasteiger partial charge in [-0.3, -0.25) is 9.80 Å². The molecule has 1 heterocycles. The lowest BCUT2D eigenvalue weighted by molar-refractivity contribution is -0.0398. The smallest absolute Gasteiger partial charge is 0.0934 e. The second-order valence-electron chi connectivity index (χ2n) is 15.7. The summed E-state index contributed by atoms with van der Waals surface area (Å²) >= 11 is 0. The van der Waals surface area contributed by atoms with E-state index >= 15 is 0 Å². The molecule has 1 rings (SSSR count). The van der Waals surface area contributed by atoms with Gasteiger partial charge in [0.05, 0.1) is 12.7 Å². The largest absolute Gasteiger partial charge is 0.379 e. The van der Waals surface area contributed by atoms with Crippen molar-refractivity contribution in [2.75, 3.05) is 79.7 Å². The number of allylic oxidation sites excluding steroid dienone is 8.